The number of benzene rings is 1. The second-order valence-electron chi connectivity index (χ2n) is 4.67. The molecule has 1 atom stereocenters. The van der Waals surface area contributed by atoms with Crippen molar-refractivity contribution >= 4 is 22.1 Å². The number of aliphatic imine (C=N–C) groups is 1. The minimum absolute atomic E-state index is 0.0394. The largest absolute Gasteiger partial charge is 0.469 e. The number of rotatable bonds is 6. The van der Waals surface area contributed by atoms with E-state index in [4.69, 9.17) is 10.5 Å². The Kier molecular flexibility index (Phi) is 6.06. The van der Waals surface area contributed by atoms with Gasteiger partial charge in [0.1, 0.15) is 6.10 Å². The fourth-order valence-electron chi connectivity index (χ4n) is 1.73. The van der Waals surface area contributed by atoms with Gasteiger partial charge < -0.3 is 25.0 Å². The van der Waals surface area contributed by atoms with Gasteiger partial charge in [0.25, 0.3) is 0 Å². The molecule has 118 valence electrons. The van der Waals surface area contributed by atoms with Crippen LogP contribution >= 0.6 is 15.9 Å². The molecule has 2 rings (SSSR count). The highest BCUT2D eigenvalue weighted by Gasteiger charge is 2.02. The van der Waals surface area contributed by atoms with E-state index < -0.39 is 11.9 Å². The Morgan fingerprint density at radius 1 is 1.36 bits per heavy atom. The lowest BCUT2D eigenvalue weighted by Gasteiger charge is -2.32. The van der Waals surface area contributed by atoms with E-state index in [0.717, 1.165) is 5.56 Å². The number of ether oxygens (including phenoxy) is 1. The molecular weight excluding hydrogens is 351 g/mol. The molecule has 0 aliphatic heterocycles. The van der Waals surface area contributed by atoms with Gasteiger partial charge in [-0.1, -0.05) is 36.2 Å². The van der Waals surface area contributed by atoms with Crippen LogP contribution in [0.3, 0.4) is 0 Å². The zero-order valence-electron chi connectivity index (χ0n) is 11.7. The third kappa shape index (κ3) is 4.91. The minimum atomic E-state index is -0.878. The van der Waals surface area contributed by atoms with E-state index in [1.54, 1.807) is 0 Å². The molecule has 0 spiro atoms. The number of nitrogens with two attached hydrogens (primary N) is 1. The molecule has 0 aromatic heterocycles. The van der Waals surface area contributed by atoms with Crippen molar-refractivity contribution < 1.29 is 14.2 Å². The molecule has 4 nitrogen and oxygen atoms in total. The van der Waals surface area contributed by atoms with Crippen LogP contribution in [0.2, 0.25) is 0 Å². The molecule has 1 aliphatic rings. The van der Waals surface area contributed by atoms with Crippen LogP contribution in [0, 0.1) is 12.8 Å². The highest BCUT2D eigenvalue weighted by Crippen LogP contribution is 2.30. The minimum Gasteiger partial charge on any atom is -0.469 e. The van der Waals surface area contributed by atoms with E-state index in [2.05, 4.69) is 20.9 Å². The third-order valence-electron chi connectivity index (χ3n) is 2.85. The molecule has 0 fully saturated rings. The summed E-state index contributed by atoms with van der Waals surface area (Å²) < 4.78 is 19.3. The van der Waals surface area contributed by atoms with Gasteiger partial charge in [-0.3, -0.25) is 0 Å². The van der Waals surface area contributed by atoms with Crippen LogP contribution in [0.25, 0.3) is 0 Å². The summed E-state index contributed by atoms with van der Waals surface area (Å²) in [6.07, 6.45) is 3.06. The summed E-state index contributed by atoms with van der Waals surface area (Å²) in [7, 11) is 0. The van der Waals surface area contributed by atoms with Crippen molar-refractivity contribution in [2.45, 2.75) is 12.7 Å². The quantitative estimate of drug-likeness (QED) is 0.600. The molecular formula is C16H16BrFN2O2-2. The molecule has 6 heteroatoms. The van der Waals surface area contributed by atoms with E-state index in [1.807, 2.05) is 30.3 Å². The molecule has 1 aliphatic carbocycles. The maximum atomic E-state index is 13.4. The lowest BCUT2D eigenvalue weighted by Crippen LogP contribution is -2.17. The molecule has 0 unspecified atom stereocenters. The molecule has 0 heterocycles. The number of hydrogen-bond donors (Lipinski definition) is 2. The number of aliphatic hydroxyl groups is 1. The van der Waals surface area contributed by atoms with Gasteiger partial charge in [-0.05, 0) is 5.56 Å². The first-order valence-electron chi connectivity index (χ1n) is 6.64. The summed E-state index contributed by atoms with van der Waals surface area (Å²) in [6.45, 7) is 0.513. The Hall–Kier alpha value is -1.76. The monoisotopic (exact) mass is 366 g/mol. The summed E-state index contributed by atoms with van der Waals surface area (Å²) in [4.78, 5) is 4.04. The number of halogens is 2. The van der Waals surface area contributed by atoms with E-state index in [1.165, 1.54) is 19.1 Å². The van der Waals surface area contributed by atoms with E-state index >= 15 is 0 Å². The van der Waals surface area contributed by atoms with Gasteiger partial charge >= 0.3 is 0 Å². The smallest absolute Gasteiger partial charge is 0.111 e. The number of nitrogens with zero attached hydrogens (tertiary/aromatic N) is 1. The van der Waals surface area contributed by atoms with E-state index in [-0.39, 0.29) is 12.3 Å². The second kappa shape index (κ2) is 8.03. The zero-order chi connectivity index (χ0) is 15.9. The first kappa shape index (κ1) is 16.6. The lowest BCUT2D eigenvalue weighted by molar-refractivity contribution is 0.0603. The van der Waals surface area contributed by atoms with Gasteiger partial charge in [-0.15, -0.1) is 5.70 Å². The Labute approximate surface area is 137 Å². The summed E-state index contributed by atoms with van der Waals surface area (Å²) in [5.41, 5.74) is 6.86. The maximum absolute atomic E-state index is 13.4. The molecule has 1 aromatic carbocycles. The maximum Gasteiger partial charge on any atom is 0.111 e. The number of aliphatic hydroxyl groups excluding tert-OH is 1. The normalized spacial score (nSPS) is 16.7. The molecule has 0 saturated heterocycles. The molecule has 0 saturated carbocycles. The molecule has 0 radical (unpaired) electrons. The predicted molar refractivity (Wildman–Crippen MR) is 87.5 cm³/mol. The average molecular weight is 367 g/mol. The van der Waals surface area contributed by atoms with Crippen LogP contribution in [-0.2, 0) is 11.3 Å². The first-order chi connectivity index (χ1) is 10.6. The first-order valence-corrected chi connectivity index (χ1v) is 7.44. The summed E-state index contributed by atoms with van der Waals surface area (Å²) in [5, 5.41) is 9.80. The average Bonchev–Trinajstić information content (AvgIpc) is 2.50. The van der Waals surface area contributed by atoms with Crippen molar-refractivity contribution in [3.8, 4) is 0 Å². The SMILES string of the molecule is NC1=C(F)[CH-]C(N=C[C@@H](O)COCc2ccccc2)=C(Br)[CH-]1. The van der Waals surface area contributed by atoms with E-state index in [9.17, 15) is 9.50 Å². The summed E-state index contributed by atoms with van der Waals surface area (Å²) >= 11 is 3.24. The Morgan fingerprint density at radius 2 is 2.09 bits per heavy atom. The van der Waals surface area contributed by atoms with Crippen molar-refractivity contribution in [2.75, 3.05) is 6.61 Å². The predicted octanol–water partition coefficient (Wildman–Crippen LogP) is 2.80. The van der Waals surface area contributed by atoms with Crippen molar-refractivity contribution in [1.29, 1.82) is 0 Å². The Bertz CT molecular complexity index is 599. The van der Waals surface area contributed by atoms with Crippen LogP contribution in [0.4, 0.5) is 4.39 Å². The van der Waals surface area contributed by atoms with Crippen molar-refractivity contribution in [2.24, 2.45) is 10.7 Å². The summed E-state index contributed by atoms with van der Waals surface area (Å²) in [6, 6.07) is 9.64. The van der Waals surface area contributed by atoms with Crippen LogP contribution in [0.15, 0.2) is 57.0 Å². The fourth-order valence-corrected chi connectivity index (χ4v) is 2.20. The molecule has 22 heavy (non-hydrogen) atoms. The molecule has 0 bridgehead atoms. The topological polar surface area (TPSA) is 67.8 Å². The van der Waals surface area contributed by atoms with Gasteiger partial charge in [0.2, 0.25) is 0 Å². The fraction of sp³-hybridized carbons (Fsp3) is 0.188. The van der Waals surface area contributed by atoms with Gasteiger partial charge in [0, 0.05) is 6.21 Å². The van der Waals surface area contributed by atoms with Crippen LogP contribution in [-0.4, -0.2) is 24.0 Å². The number of hydrogen-bond acceptors (Lipinski definition) is 4. The number of allylic oxidation sites excluding steroid dienone is 2. The standard InChI is InChI=1S/C16H16BrFN2O2/c17-13-6-15(19)14(18)7-16(13)20-8-12(21)10-22-9-11-4-2-1-3-5-11/h1-8,12,21H,9-10,19H2/q-2/t12-/m1/s1. The van der Waals surface area contributed by atoms with Crippen LogP contribution in [0.1, 0.15) is 5.56 Å². The highest BCUT2D eigenvalue weighted by atomic mass is 79.9. The third-order valence-corrected chi connectivity index (χ3v) is 3.49. The zero-order valence-corrected chi connectivity index (χ0v) is 13.3. The van der Waals surface area contributed by atoms with Crippen LogP contribution in [0.5, 0.6) is 0 Å². The Balaban J connectivity index is 1.79. The molecule has 3 N–H and O–H groups in total. The van der Waals surface area contributed by atoms with Crippen molar-refractivity contribution in [1.82, 2.24) is 0 Å². The summed E-state index contributed by atoms with van der Waals surface area (Å²) in [5.74, 6) is -0.551. The second-order valence-corrected chi connectivity index (χ2v) is 5.53. The van der Waals surface area contributed by atoms with Crippen molar-refractivity contribution in [3.05, 3.63) is 70.4 Å². The van der Waals surface area contributed by atoms with Gasteiger partial charge in [0.15, 0.2) is 0 Å². The van der Waals surface area contributed by atoms with Crippen LogP contribution < -0.4 is 5.73 Å². The highest BCUT2D eigenvalue weighted by molar-refractivity contribution is 9.11. The lowest BCUT2D eigenvalue weighted by atomic mass is 10.1. The van der Waals surface area contributed by atoms with Gasteiger partial charge in [-0.2, -0.15) is 26.1 Å². The van der Waals surface area contributed by atoms with Gasteiger partial charge in [-0.25, -0.2) is 12.8 Å². The van der Waals surface area contributed by atoms with Gasteiger partial charge in [0.05, 0.1) is 13.2 Å². The van der Waals surface area contributed by atoms with Crippen molar-refractivity contribution in [3.63, 3.8) is 0 Å². The Morgan fingerprint density at radius 3 is 2.82 bits per heavy atom. The molecule has 1 aromatic rings. The van der Waals surface area contributed by atoms with E-state index in [0.29, 0.717) is 16.8 Å². The molecule has 0 amide bonds.